The molecule has 1 heterocycles. The largest absolute Gasteiger partial charge is 0.401 e. The molecule has 1 aliphatic heterocycles. The summed E-state index contributed by atoms with van der Waals surface area (Å²) in [6.07, 6.45) is -4.21. The van der Waals surface area contributed by atoms with E-state index in [0.717, 1.165) is 0 Å². The van der Waals surface area contributed by atoms with Crippen LogP contribution in [0.2, 0.25) is 5.02 Å². The second-order valence-electron chi connectivity index (χ2n) is 4.78. The Morgan fingerprint density at radius 2 is 1.86 bits per heavy atom. The molecule has 2 rings (SSSR count). The summed E-state index contributed by atoms with van der Waals surface area (Å²) in [6.45, 7) is -0.00404. The number of hydrogen-bond acceptors (Lipinski definition) is 2. The van der Waals surface area contributed by atoms with Crippen LogP contribution in [-0.2, 0) is 0 Å². The van der Waals surface area contributed by atoms with Crippen molar-refractivity contribution in [3.63, 3.8) is 0 Å². The lowest BCUT2D eigenvalue weighted by Crippen LogP contribution is -2.50. The second-order valence-corrected chi connectivity index (χ2v) is 6.02. The average molecular weight is 386 g/mol. The Hall–Kier alpha value is -0.790. The first-order chi connectivity index (χ1) is 9.78. The van der Waals surface area contributed by atoms with Gasteiger partial charge in [0.25, 0.3) is 5.91 Å². The maximum Gasteiger partial charge on any atom is 0.401 e. The minimum absolute atomic E-state index is 0.205. The fourth-order valence-electron chi connectivity index (χ4n) is 2.20. The summed E-state index contributed by atoms with van der Waals surface area (Å²) in [7, 11) is 0. The molecule has 1 aromatic rings. The molecule has 0 atom stereocenters. The maximum absolute atomic E-state index is 12.3. The number of carbonyl (C=O) groups is 1. The Morgan fingerprint density at radius 1 is 1.24 bits per heavy atom. The molecule has 1 aliphatic rings. The van der Waals surface area contributed by atoms with Crippen molar-refractivity contribution in [1.82, 2.24) is 9.80 Å². The molecule has 0 spiro atoms. The third-order valence-corrected chi connectivity index (χ3v) is 4.54. The molecule has 1 saturated heterocycles. The van der Waals surface area contributed by atoms with Gasteiger partial charge in [0.15, 0.2) is 0 Å². The Kier molecular flexibility index (Phi) is 5.16. The van der Waals surface area contributed by atoms with Crippen molar-refractivity contribution >= 4 is 33.4 Å². The van der Waals surface area contributed by atoms with Gasteiger partial charge in [-0.1, -0.05) is 17.7 Å². The Balaban J connectivity index is 1.99. The number of carbonyl (C=O) groups excluding carboxylic acids is 1. The summed E-state index contributed by atoms with van der Waals surface area (Å²) >= 11 is 9.31. The SMILES string of the molecule is O=C(c1cccc(Br)c1Cl)N1CCN(CC(F)(F)F)CC1. The highest BCUT2D eigenvalue weighted by Gasteiger charge is 2.33. The van der Waals surface area contributed by atoms with Crippen molar-refractivity contribution in [1.29, 1.82) is 0 Å². The van der Waals surface area contributed by atoms with E-state index >= 15 is 0 Å². The molecule has 0 bridgehead atoms. The Morgan fingerprint density at radius 3 is 2.43 bits per heavy atom. The van der Waals surface area contributed by atoms with Gasteiger partial charge >= 0.3 is 6.18 Å². The van der Waals surface area contributed by atoms with Crippen LogP contribution in [0.1, 0.15) is 10.4 Å². The minimum atomic E-state index is -4.21. The number of alkyl halides is 3. The van der Waals surface area contributed by atoms with Crippen LogP contribution in [-0.4, -0.2) is 54.6 Å². The van der Waals surface area contributed by atoms with Gasteiger partial charge in [0.05, 0.1) is 17.1 Å². The summed E-state index contributed by atoms with van der Waals surface area (Å²) < 4.78 is 37.6. The van der Waals surface area contributed by atoms with Crippen LogP contribution in [0.25, 0.3) is 0 Å². The molecule has 116 valence electrons. The van der Waals surface area contributed by atoms with Crippen LogP contribution in [0, 0.1) is 0 Å². The Labute approximate surface area is 133 Å². The predicted octanol–water partition coefficient (Wildman–Crippen LogP) is 3.42. The fourth-order valence-corrected chi connectivity index (χ4v) is 2.77. The smallest absolute Gasteiger partial charge is 0.336 e. The van der Waals surface area contributed by atoms with E-state index in [1.807, 2.05) is 0 Å². The molecule has 0 saturated carbocycles. The third-order valence-electron chi connectivity index (χ3n) is 3.24. The van der Waals surface area contributed by atoms with Crippen LogP contribution >= 0.6 is 27.5 Å². The zero-order chi connectivity index (χ0) is 15.6. The molecule has 0 aromatic heterocycles. The van der Waals surface area contributed by atoms with Crippen LogP contribution in [0.15, 0.2) is 22.7 Å². The summed E-state index contributed by atoms with van der Waals surface area (Å²) in [5.41, 5.74) is 0.357. The highest BCUT2D eigenvalue weighted by atomic mass is 79.9. The number of rotatable bonds is 2. The van der Waals surface area contributed by atoms with Crippen LogP contribution in [0.4, 0.5) is 13.2 Å². The first-order valence-corrected chi connectivity index (χ1v) is 7.47. The van der Waals surface area contributed by atoms with Crippen molar-refractivity contribution in [2.24, 2.45) is 0 Å². The highest BCUT2D eigenvalue weighted by molar-refractivity contribution is 9.10. The van der Waals surface area contributed by atoms with Crippen molar-refractivity contribution in [3.8, 4) is 0 Å². The Bertz CT molecular complexity index is 531. The molecule has 0 unspecified atom stereocenters. The van der Waals surface area contributed by atoms with Gasteiger partial charge < -0.3 is 4.90 Å². The number of piperazine rings is 1. The van der Waals surface area contributed by atoms with E-state index in [1.165, 1.54) is 9.80 Å². The first kappa shape index (κ1) is 16.6. The van der Waals surface area contributed by atoms with E-state index in [4.69, 9.17) is 11.6 Å². The number of nitrogens with zero attached hydrogens (tertiary/aromatic N) is 2. The molecular weight excluding hydrogens is 373 g/mol. The van der Waals surface area contributed by atoms with E-state index in [2.05, 4.69) is 15.9 Å². The summed E-state index contributed by atoms with van der Waals surface area (Å²) in [5, 5.41) is 0.320. The third kappa shape index (κ3) is 4.34. The molecule has 1 fully saturated rings. The summed E-state index contributed by atoms with van der Waals surface area (Å²) in [6, 6.07) is 5.03. The monoisotopic (exact) mass is 384 g/mol. The van der Waals surface area contributed by atoms with Gasteiger partial charge in [-0.25, -0.2) is 0 Å². The van der Waals surface area contributed by atoms with Gasteiger partial charge in [-0.15, -0.1) is 0 Å². The lowest BCUT2D eigenvalue weighted by Gasteiger charge is -2.35. The quantitative estimate of drug-likeness (QED) is 0.779. The molecule has 0 aliphatic carbocycles. The second kappa shape index (κ2) is 6.54. The van der Waals surface area contributed by atoms with Gasteiger partial charge in [-0.05, 0) is 28.1 Å². The number of hydrogen-bond donors (Lipinski definition) is 0. The lowest BCUT2D eigenvalue weighted by molar-refractivity contribution is -0.148. The standard InChI is InChI=1S/C13H13BrClF3N2O/c14-10-3-1-2-9(11(10)15)12(21)20-6-4-19(5-7-20)8-13(16,17)18/h1-3H,4-8H2. The molecule has 3 nitrogen and oxygen atoms in total. The van der Waals surface area contributed by atoms with Gasteiger partial charge in [0.1, 0.15) is 0 Å². The topological polar surface area (TPSA) is 23.6 Å². The van der Waals surface area contributed by atoms with Crippen LogP contribution in [0.3, 0.4) is 0 Å². The predicted molar refractivity (Wildman–Crippen MR) is 77.6 cm³/mol. The van der Waals surface area contributed by atoms with Crippen molar-refractivity contribution in [2.75, 3.05) is 32.7 Å². The fraction of sp³-hybridized carbons (Fsp3) is 0.462. The molecule has 21 heavy (non-hydrogen) atoms. The van der Waals surface area contributed by atoms with Crippen molar-refractivity contribution in [3.05, 3.63) is 33.3 Å². The summed E-state index contributed by atoms with van der Waals surface area (Å²) in [4.78, 5) is 15.2. The highest BCUT2D eigenvalue weighted by Crippen LogP contribution is 2.27. The normalized spacial score (nSPS) is 17.1. The van der Waals surface area contributed by atoms with Gasteiger partial charge in [0, 0.05) is 30.7 Å². The average Bonchev–Trinajstić information content (AvgIpc) is 2.40. The van der Waals surface area contributed by atoms with Crippen LogP contribution < -0.4 is 0 Å². The number of amides is 1. The number of benzene rings is 1. The summed E-state index contributed by atoms with van der Waals surface area (Å²) in [5.74, 6) is -0.257. The van der Waals surface area contributed by atoms with E-state index in [0.29, 0.717) is 15.1 Å². The molecule has 0 radical (unpaired) electrons. The maximum atomic E-state index is 12.3. The zero-order valence-corrected chi connectivity index (χ0v) is 13.3. The van der Waals surface area contributed by atoms with Gasteiger partial charge in [0.2, 0.25) is 0 Å². The van der Waals surface area contributed by atoms with E-state index in [1.54, 1.807) is 18.2 Å². The van der Waals surface area contributed by atoms with Crippen molar-refractivity contribution in [2.45, 2.75) is 6.18 Å². The number of halogens is 5. The lowest BCUT2D eigenvalue weighted by atomic mass is 10.2. The van der Waals surface area contributed by atoms with E-state index in [9.17, 15) is 18.0 Å². The molecule has 1 amide bonds. The first-order valence-electron chi connectivity index (χ1n) is 6.30. The van der Waals surface area contributed by atoms with Crippen LogP contribution in [0.5, 0.6) is 0 Å². The zero-order valence-electron chi connectivity index (χ0n) is 11.0. The molecule has 0 N–H and O–H groups in total. The molecular formula is C13H13BrClF3N2O. The molecule has 1 aromatic carbocycles. The van der Waals surface area contributed by atoms with E-state index < -0.39 is 12.7 Å². The van der Waals surface area contributed by atoms with E-state index in [-0.39, 0.29) is 32.1 Å². The molecule has 8 heteroatoms. The minimum Gasteiger partial charge on any atom is -0.336 e. The van der Waals surface area contributed by atoms with Gasteiger partial charge in [-0.2, -0.15) is 13.2 Å². The van der Waals surface area contributed by atoms with Gasteiger partial charge in [-0.3, -0.25) is 9.69 Å². The van der Waals surface area contributed by atoms with Crippen molar-refractivity contribution < 1.29 is 18.0 Å².